The molecule has 0 saturated carbocycles. The van der Waals surface area contributed by atoms with Crippen LogP contribution < -0.4 is 9.64 Å². The molecule has 0 aliphatic carbocycles. The van der Waals surface area contributed by atoms with E-state index in [9.17, 15) is 4.79 Å². The first-order valence-electron chi connectivity index (χ1n) is 11.1. The average Bonchev–Trinajstić information content (AvgIpc) is 3.33. The van der Waals surface area contributed by atoms with Crippen LogP contribution in [-0.2, 0) is 24.1 Å². The zero-order valence-corrected chi connectivity index (χ0v) is 19.8. The number of carbonyl (C=O) groups excluding carboxylic acids is 1. The maximum atomic E-state index is 12.7. The SMILES string of the molecule is CCc1nc(C)nc(N2CCN(C(=O)Cc3cccs3)CC2)c1Cc1ccc(OC)cc1. The Balaban J connectivity index is 1.51. The highest BCUT2D eigenvalue weighted by Gasteiger charge is 2.25. The lowest BCUT2D eigenvalue weighted by atomic mass is 10.0. The van der Waals surface area contributed by atoms with Crippen molar-refractivity contribution in [2.24, 2.45) is 0 Å². The van der Waals surface area contributed by atoms with Gasteiger partial charge in [-0.05, 0) is 42.5 Å². The highest BCUT2D eigenvalue weighted by atomic mass is 32.1. The van der Waals surface area contributed by atoms with Crippen LogP contribution in [0.5, 0.6) is 5.75 Å². The van der Waals surface area contributed by atoms with Crippen molar-refractivity contribution >= 4 is 23.1 Å². The fourth-order valence-electron chi connectivity index (χ4n) is 4.16. The number of carbonyl (C=O) groups is 1. The highest BCUT2D eigenvalue weighted by molar-refractivity contribution is 7.10. The fourth-order valence-corrected chi connectivity index (χ4v) is 4.86. The quantitative estimate of drug-likeness (QED) is 0.546. The molecule has 1 aliphatic heterocycles. The number of anilines is 1. The van der Waals surface area contributed by atoms with Crippen LogP contribution in [0.1, 0.15) is 34.4 Å². The van der Waals surface area contributed by atoms with Gasteiger partial charge in [-0.1, -0.05) is 25.1 Å². The lowest BCUT2D eigenvalue weighted by Gasteiger charge is -2.36. The third-order valence-electron chi connectivity index (χ3n) is 5.90. The second-order valence-corrected chi connectivity index (χ2v) is 9.05. The van der Waals surface area contributed by atoms with Gasteiger partial charge >= 0.3 is 0 Å². The molecule has 0 N–H and O–H groups in total. The molecule has 168 valence electrons. The van der Waals surface area contributed by atoms with E-state index in [1.165, 1.54) is 11.1 Å². The topological polar surface area (TPSA) is 58.6 Å². The van der Waals surface area contributed by atoms with Crippen molar-refractivity contribution in [2.75, 3.05) is 38.2 Å². The molecule has 0 unspecified atom stereocenters. The smallest absolute Gasteiger partial charge is 0.227 e. The summed E-state index contributed by atoms with van der Waals surface area (Å²) in [5, 5.41) is 2.02. The summed E-state index contributed by atoms with van der Waals surface area (Å²) in [6, 6.07) is 12.2. The summed E-state index contributed by atoms with van der Waals surface area (Å²) in [4.78, 5) is 27.7. The molecule has 3 heterocycles. The van der Waals surface area contributed by atoms with Crippen LogP contribution in [0.4, 0.5) is 5.82 Å². The third kappa shape index (κ3) is 5.10. The van der Waals surface area contributed by atoms with Crippen LogP contribution >= 0.6 is 11.3 Å². The summed E-state index contributed by atoms with van der Waals surface area (Å²) >= 11 is 1.64. The number of nitrogens with zero attached hydrogens (tertiary/aromatic N) is 4. The molecule has 0 radical (unpaired) electrons. The molecule has 1 saturated heterocycles. The molecule has 0 spiro atoms. The standard InChI is InChI=1S/C25H30N4O2S/c1-4-23-22(16-19-7-9-20(31-3)10-8-19)25(27-18(2)26-23)29-13-11-28(12-14-29)24(30)17-21-6-5-15-32-21/h5-10,15H,4,11-14,16-17H2,1-3H3. The predicted octanol–water partition coefficient (Wildman–Crippen LogP) is 3.90. The number of hydrogen-bond donors (Lipinski definition) is 0. The molecule has 0 bridgehead atoms. The van der Waals surface area contributed by atoms with E-state index >= 15 is 0 Å². The Morgan fingerprint density at radius 2 is 1.84 bits per heavy atom. The number of aromatic nitrogens is 2. The number of aryl methyl sites for hydroxylation is 2. The molecule has 32 heavy (non-hydrogen) atoms. The number of rotatable bonds is 7. The van der Waals surface area contributed by atoms with Crippen molar-refractivity contribution in [3.8, 4) is 5.75 Å². The van der Waals surface area contributed by atoms with Gasteiger partial charge in [0.1, 0.15) is 17.4 Å². The predicted molar refractivity (Wildman–Crippen MR) is 129 cm³/mol. The van der Waals surface area contributed by atoms with E-state index in [4.69, 9.17) is 14.7 Å². The van der Waals surface area contributed by atoms with Crippen molar-refractivity contribution in [1.29, 1.82) is 0 Å². The van der Waals surface area contributed by atoms with Gasteiger partial charge in [-0.25, -0.2) is 9.97 Å². The monoisotopic (exact) mass is 450 g/mol. The van der Waals surface area contributed by atoms with E-state index in [2.05, 4.69) is 24.0 Å². The van der Waals surface area contributed by atoms with Crippen molar-refractivity contribution in [1.82, 2.24) is 14.9 Å². The van der Waals surface area contributed by atoms with Crippen molar-refractivity contribution < 1.29 is 9.53 Å². The van der Waals surface area contributed by atoms with E-state index in [-0.39, 0.29) is 5.91 Å². The lowest BCUT2D eigenvalue weighted by molar-refractivity contribution is -0.130. The van der Waals surface area contributed by atoms with Gasteiger partial charge in [0.25, 0.3) is 0 Å². The van der Waals surface area contributed by atoms with Crippen LogP contribution in [0.15, 0.2) is 41.8 Å². The van der Waals surface area contributed by atoms with Crippen LogP contribution in [0, 0.1) is 6.92 Å². The van der Waals surface area contributed by atoms with Crippen LogP contribution in [0.25, 0.3) is 0 Å². The molecule has 1 amide bonds. The summed E-state index contributed by atoms with van der Waals surface area (Å²) in [5.74, 6) is 2.87. The van der Waals surface area contributed by atoms with Crippen LogP contribution in [-0.4, -0.2) is 54.1 Å². The van der Waals surface area contributed by atoms with E-state index in [1.807, 2.05) is 41.5 Å². The summed E-state index contributed by atoms with van der Waals surface area (Å²) in [6.45, 7) is 7.11. The van der Waals surface area contributed by atoms with Gasteiger partial charge in [0.05, 0.1) is 13.5 Å². The minimum atomic E-state index is 0.207. The number of thiophene rings is 1. The minimum Gasteiger partial charge on any atom is -0.497 e. The fraction of sp³-hybridized carbons (Fsp3) is 0.400. The molecule has 1 fully saturated rings. The summed E-state index contributed by atoms with van der Waals surface area (Å²) in [5.41, 5.74) is 3.49. The van der Waals surface area contributed by atoms with E-state index in [1.54, 1.807) is 18.4 Å². The molecule has 1 aliphatic rings. The van der Waals surface area contributed by atoms with Gasteiger partial charge in [-0.2, -0.15) is 0 Å². The number of ether oxygens (including phenoxy) is 1. The summed E-state index contributed by atoms with van der Waals surface area (Å²) < 4.78 is 5.30. The van der Waals surface area contributed by atoms with Crippen LogP contribution in [0.2, 0.25) is 0 Å². The van der Waals surface area contributed by atoms with Gasteiger partial charge in [-0.15, -0.1) is 11.3 Å². The molecule has 3 aromatic rings. The highest BCUT2D eigenvalue weighted by Crippen LogP contribution is 2.27. The maximum absolute atomic E-state index is 12.7. The van der Waals surface area contributed by atoms with E-state index in [0.717, 1.165) is 67.0 Å². The largest absolute Gasteiger partial charge is 0.497 e. The molecule has 0 atom stereocenters. The summed E-state index contributed by atoms with van der Waals surface area (Å²) in [7, 11) is 1.68. The number of hydrogen-bond acceptors (Lipinski definition) is 6. The number of piperazine rings is 1. The Morgan fingerprint density at radius 3 is 2.47 bits per heavy atom. The van der Waals surface area contributed by atoms with Gasteiger partial charge in [0, 0.05) is 48.7 Å². The molecule has 7 heteroatoms. The van der Waals surface area contributed by atoms with Gasteiger partial charge < -0.3 is 14.5 Å². The molecular formula is C25H30N4O2S. The van der Waals surface area contributed by atoms with Crippen LogP contribution in [0.3, 0.4) is 0 Å². The average molecular weight is 451 g/mol. The Morgan fingerprint density at radius 1 is 1.09 bits per heavy atom. The minimum absolute atomic E-state index is 0.207. The number of methoxy groups -OCH3 is 1. The van der Waals surface area contributed by atoms with Crippen molar-refractivity contribution in [3.63, 3.8) is 0 Å². The number of amides is 1. The Bertz CT molecular complexity index is 1040. The molecular weight excluding hydrogens is 420 g/mol. The first-order valence-corrected chi connectivity index (χ1v) is 12.0. The Kier molecular flexibility index (Phi) is 7.05. The first-order chi connectivity index (χ1) is 15.6. The maximum Gasteiger partial charge on any atom is 0.227 e. The van der Waals surface area contributed by atoms with Gasteiger partial charge in [-0.3, -0.25) is 4.79 Å². The van der Waals surface area contributed by atoms with E-state index in [0.29, 0.717) is 6.42 Å². The van der Waals surface area contributed by atoms with Crippen molar-refractivity contribution in [3.05, 3.63) is 69.3 Å². The van der Waals surface area contributed by atoms with Gasteiger partial charge in [0.15, 0.2) is 0 Å². The summed E-state index contributed by atoms with van der Waals surface area (Å²) in [6.07, 6.45) is 2.13. The first kappa shape index (κ1) is 22.3. The lowest BCUT2D eigenvalue weighted by Crippen LogP contribution is -2.49. The second-order valence-electron chi connectivity index (χ2n) is 8.02. The molecule has 1 aromatic carbocycles. The van der Waals surface area contributed by atoms with E-state index < -0.39 is 0 Å². The zero-order chi connectivity index (χ0) is 22.5. The molecule has 4 rings (SSSR count). The normalized spacial score (nSPS) is 14.0. The second kappa shape index (κ2) is 10.1. The van der Waals surface area contributed by atoms with Crippen molar-refractivity contribution in [2.45, 2.75) is 33.1 Å². The number of benzene rings is 1. The molecule has 6 nitrogen and oxygen atoms in total. The Labute approximate surface area is 193 Å². The zero-order valence-electron chi connectivity index (χ0n) is 19.0. The Hall–Kier alpha value is -2.93. The third-order valence-corrected chi connectivity index (χ3v) is 6.77. The van der Waals surface area contributed by atoms with Gasteiger partial charge in [0.2, 0.25) is 5.91 Å². The molecule has 2 aromatic heterocycles.